The fraction of sp³-hybridized carbons (Fsp3) is 0.167. The number of hydrogen-bond donors (Lipinski definition) is 1. The number of carbonyl (C=O) groups is 2. The molecular formula is C24H22N2O2S. The Hall–Kier alpha value is -3.23. The van der Waals surface area contributed by atoms with Gasteiger partial charge in [-0.15, -0.1) is 6.42 Å². The quantitative estimate of drug-likeness (QED) is 0.565. The Labute approximate surface area is 175 Å². The van der Waals surface area contributed by atoms with Crippen LogP contribution in [0.5, 0.6) is 0 Å². The summed E-state index contributed by atoms with van der Waals surface area (Å²) in [6.45, 7) is 4.81. The Balaban J connectivity index is 1.88. The molecule has 5 heteroatoms. The zero-order valence-electron chi connectivity index (χ0n) is 16.4. The second-order valence-electron chi connectivity index (χ2n) is 6.47. The first-order valence-electron chi connectivity index (χ1n) is 9.36. The van der Waals surface area contributed by atoms with Crippen molar-refractivity contribution in [2.75, 3.05) is 18.4 Å². The van der Waals surface area contributed by atoms with Crippen LogP contribution in [-0.4, -0.2) is 29.8 Å². The van der Waals surface area contributed by atoms with Crippen molar-refractivity contribution in [2.24, 2.45) is 0 Å². The molecule has 0 bridgehead atoms. The molecule has 1 heterocycles. The van der Waals surface area contributed by atoms with Gasteiger partial charge in [0.25, 0.3) is 11.8 Å². The molecule has 0 fully saturated rings. The van der Waals surface area contributed by atoms with E-state index in [9.17, 15) is 9.59 Å². The normalized spacial score (nSPS) is 13.1. The first-order chi connectivity index (χ1) is 14.1. The Morgan fingerprint density at radius 3 is 2.76 bits per heavy atom. The van der Waals surface area contributed by atoms with Crippen LogP contribution in [0.2, 0.25) is 0 Å². The van der Waals surface area contributed by atoms with Crippen LogP contribution in [-0.2, 0) is 0 Å². The Bertz CT molecular complexity index is 1050. The molecule has 29 heavy (non-hydrogen) atoms. The molecule has 2 aromatic carbocycles. The summed E-state index contributed by atoms with van der Waals surface area (Å²) in [5, 5.41) is 2.93. The first kappa shape index (κ1) is 20.5. The van der Waals surface area contributed by atoms with Crippen molar-refractivity contribution in [1.82, 2.24) is 4.90 Å². The fourth-order valence-corrected chi connectivity index (χ4v) is 4.11. The second kappa shape index (κ2) is 9.31. The molecule has 3 rings (SSSR count). The van der Waals surface area contributed by atoms with Gasteiger partial charge in [-0.1, -0.05) is 42.0 Å². The van der Waals surface area contributed by atoms with Gasteiger partial charge in [0, 0.05) is 28.4 Å². The van der Waals surface area contributed by atoms with E-state index < -0.39 is 0 Å². The summed E-state index contributed by atoms with van der Waals surface area (Å²) in [5.41, 5.74) is 2.69. The molecule has 2 aromatic rings. The smallest absolute Gasteiger partial charge is 0.256 e. The van der Waals surface area contributed by atoms with Crippen molar-refractivity contribution in [3.8, 4) is 12.3 Å². The highest BCUT2D eigenvalue weighted by Crippen LogP contribution is 2.39. The molecule has 0 atom stereocenters. The van der Waals surface area contributed by atoms with E-state index in [0.29, 0.717) is 29.9 Å². The van der Waals surface area contributed by atoms with Crippen LogP contribution in [0.1, 0.15) is 34.6 Å². The number of rotatable bonds is 5. The molecule has 4 nitrogen and oxygen atoms in total. The third kappa shape index (κ3) is 4.61. The lowest BCUT2D eigenvalue weighted by atomic mass is 10.1. The maximum absolute atomic E-state index is 13.1. The third-order valence-corrected chi connectivity index (χ3v) is 5.67. The van der Waals surface area contributed by atoms with Gasteiger partial charge in [-0.05, 0) is 55.8 Å². The maximum atomic E-state index is 13.1. The van der Waals surface area contributed by atoms with Crippen LogP contribution in [0.4, 0.5) is 5.69 Å². The van der Waals surface area contributed by atoms with E-state index in [0.717, 1.165) is 15.4 Å². The number of hydrogen-bond acceptors (Lipinski definition) is 3. The lowest BCUT2D eigenvalue weighted by Gasteiger charge is -2.22. The summed E-state index contributed by atoms with van der Waals surface area (Å²) < 4.78 is 0. The third-order valence-electron chi connectivity index (χ3n) is 4.52. The number of anilines is 1. The van der Waals surface area contributed by atoms with E-state index in [1.165, 1.54) is 11.8 Å². The van der Waals surface area contributed by atoms with E-state index in [4.69, 9.17) is 6.42 Å². The molecule has 0 saturated heterocycles. The van der Waals surface area contributed by atoms with Gasteiger partial charge >= 0.3 is 0 Å². The first-order valence-corrected chi connectivity index (χ1v) is 10.2. The van der Waals surface area contributed by atoms with Crippen LogP contribution < -0.4 is 5.32 Å². The molecule has 0 spiro atoms. The second-order valence-corrected chi connectivity index (χ2v) is 7.55. The van der Waals surface area contributed by atoms with Crippen molar-refractivity contribution >= 4 is 29.3 Å². The van der Waals surface area contributed by atoms with Gasteiger partial charge in [0.15, 0.2) is 0 Å². The van der Waals surface area contributed by atoms with E-state index in [2.05, 4.69) is 11.2 Å². The largest absolute Gasteiger partial charge is 0.335 e. The Morgan fingerprint density at radius 2 is 2.03 bits per heavy atom. The number of allylic oxidation sites excluding steroid dienone is 2. The van der Waals surface area contributed by atoms with E-state index in [1.54, 1.807) is 29.2 Å². The Kier molecular flexibility index (Phi) is 6.58. The van der Waals surface area contributed by atoms with Crippen molar-refractivity contribution in [3.63, 3.8) is 0 Å². The van der Waals surface area contributed by atoms with Gasteiger partial charge in [0.1, 0.15) is 0 Å². The van der Waals surface area contributed by atoms with Gasteiger partial charge < -0.3 is 10.2 Å². The molecule has 1 aliphatic heterocycles. The number of benzene rings is 2. The molecular weight excluding hydrogens is 380 g/mol. The van der Waals surface area contributed by atoms with E-state index >= 15 is 0 Å². The highest BCUT2D eigenvalue weighted by molar-refractivity contribution is 7.99. The van der Waals surface area contributed by atoms with Gasteiger partial charge in [0.2, 0.25) is 0 Å². The van der Waals surface area contributed by atoms with Gasteiger partial charge in [-0.3, -0.25) is 9.59 Å². The molecule has 0 unspecified atom stereocenters. The minimum absolute atomic E-state index is 0.108. The molecule has 146 valence electrons. The van der Waals surface area contributed by atoms with Crippen molar-refractivity contribution in [2.45, 2.75) is 23.6 Å². The van der Waals surface area contributed by atoms with Crippen LogP contribution in [0.3, 0.4) is 0 Å². The van der Waals surface area contributed by atoms with Crippen LogP contribution in [0, 0.1) is 12.3 Å². The average Bonchev–Trinajstić information content (AvgIpc) is 2.87. The van der Waals surface area contributed by atoms with Gasteiger partial charge in [-0.2, -0.15) is 0 Å². The molecule has 0 radical (unpaired) electrons. The SMILES string of the molecule is C#C/C=C(\C=C/C)CN(CC)C(=O)c1ccc2c(c1)NC(=O)c1ccccc1S2. The summed E-state index contributed by atoms with van der Waals surface area (Å²) in [6.07, 6.45) is 10.9. The van der Waals surface area contributed by atoms with Crippen molar-refractivity contribution < 1.29 is 9.59 Å². The summed E-state index contributed by atoms with van der Waals surface area (Å²) in [4.78, 5) is 29.2. The predicted molar refractivity (Wildman–Crippen MR) is 118 cm³/mol. The Morgan fingerprint density at radius 1 is 1.24 bits per heavy atom. The fourth-order valence-electron chi connectivity index (χ4n) is 3.10. The molecule has 0 aromatic heterocycles. The average molecular weight is 403 g/mol. The van der Waals surface area contributed by atoms with Gasteiger partial charge in [0.05, 0.1) is 11.3 Å². The summed E-state index contributed by atoms with van der Waals surface area (Å²) in [5.74, 6) is 2.24. The van der Waals surface area contributed by atoms with Gasteiger partial charge in [-0.25, -0.2) is 0 Å². The van der Waals surface area contributed by atoms with Crippen molar-refractivity contribution in [3.05, 3.63) is 77.4 Å². The highest BCUT2D eigenvalue weighted by Gasteiger charge is 2.22. The lowest BCUT2D eigenvalue weighted by molar-refractivity contribution is 0.0779. The minimum atomic E-state index is -0.170. The summed E-state index contributed by atoms with van der Waals surface area (Å²) in [6, 6.07) is 12.9. The summed E-state index contributed by atoms with van der Waals surface area (Å²) in [7, 11) is 0. The molecule has 1 N–H and O–H groups in total. The van der Waals surface area contributed by atoms with Crippen molar-refractivity contribution in [1.29, 1.82) is 0 Å². The number of terminal acetylenes is 1. The molecule has 2 amide bonds. The standard InChI is InChI=1S/C24H22N2O2S/c1-4-9-17(10-5-2)16-26(6-3)24(28)18-13-14-22-20(15-18)25-23(27)19-11-7-8-12-21(19)29-22/h1,5,7-15H,6,16H2,2-3H3,(H,25,27)/b10-5-,17-9+. The van der Waals surface area contributed by atoms with Crippen LogP contribution in [0.25, 0.3) is 0 Å². The number of fused-ring (bicyclic) bond motifs is 2. The molecule has 0 aliphatic carbocycles. The van der Waals surface area contributed by atoms with Crippen LogP contribution >= 0.6 is 11.8 Å². The monoisotopic (exact) mass is 402 g/mol. The van der Waals surface area contributed by atoms with E-state index in [1.807, 2.05) is 50.3 Å². The van der Waals surface area contributed by atoms with E-state index in [-0.39, 0.29) is 11.8 Å². The minimum Gasteiger partial charge on any atom is -0.335 e. The summed E-state index contributed by atoms with van der Waals surface area (Å²) >= 11 is 1.52. The highest BCUT2D eigenvalue weighted by atomic mass is 32.2. The number of likely N-dealkylation sites (N-methyl/N-ethyl adjacent to an activating group) is 1. The number of carbonyl (C=O) groups excluding carboxylic acids is 2. The number of nitrogens with zero attached hydrogens (tertiary/aromatic N) is 1. The zero-order valence-corrected chi connectivity index (χ0v) is 17.3. The predicted octanol–water partition coefficient (Wildman–Crippen LogP) is 5.00. The lowest BCUT2D eigenvalue weighted by Crippen LogP contribution is -2.32. The topological polar surface area (TPSA) is 49.4 Å². The number of amides is 2. The zero-order chi connectivity index (χ0) is 20.8. The molecule has 1 aliphatic rings. The maximum Gasteiger partial charge on any atom is 0.256 e. The number of nitrogens with one attached hydrogen (secondary N) is 1. The molecule has 0 saturated carbocycles. The van der Waals surface area contributed by atoms with Crippen LogP contribution in [0.15, 0.2) is 76.1 Å².